The quantitative estimate of drug-likeness (QED) is 0.758. The van der Waals surface area contributed by atoms with Gasteiger partial charge in [-0.05, 0) is 32.5 Å². The van der Waals surface area contributed by atoms with Crippen molar-refractivity contribution in [1.29, 1.82) is 0 Å². The predicted octanol–water partition coefficient (Wildman–Crippen LogP) is 1.18. The summed E-state index contributed by atoms with van der Waals surface area (Å²) >= 11 is 5.13. The van der Waals surface area contributed by atoms with Crippen molar-refractivity contribution < 1.29 is 4.74 Å². The monoisotopic (exact) mass is 282 g/mol. The van der Waals surface area contributed by atoms with Gasteiger partial charge in [0.25, 0.3) is 0 Å². The first-order valence-electron chi connectivity index (χ1n) is 6.46. The van der Waals surface area contributed by atoms with E-state index in [9.17, 15) is 0 Å². The van der Waals surface area contributed by atoms with Crippen molar-refractivity contribution >= 4 is 17.2 Å². The molecule has 0 bridgehead atoms. The zero-order valence-electron chi connectivity index (χ0n) is 12.1. The highest BCUT2D eigenvalue weighted by Crippen LogP contribution is 2.22. The second kappa shape index (κ2) is 7.35. The van der Waals surface area contributed by atoms with Crippen LogP contribution in [-0.4, -0.2) is 47.3 Å². The van der Waals surface area contributed by atoms with Crippen LogP contribution < -0.4 is 10.5 Å². The molecule has 5 nitrogen and oxygen atoms in total. The van der Waals surface area contributed by atoms with E-state index in [0.29, 0.717) is 17.5 Å². The molecular formula is C13H22N4OS. The molecule has 1 aromatic heterocycles. The van der Waals surface area contributed by atoms with Crippen LogP contribution in [0.3, 0.4) is 0 Å². The molecule has 1 rings (SSSR count). The number of aryl methyl sites for hydroxylation is 1. The maximum atomic E-state index is 5.82. The molecule has 0 saturated heterocycles. The van der Waals surface area contributed by atoms with Crippen molar-refractivity contribution in [2.45, 2.75) is 26.7 Å². The Balaban J connectivity index is 3.06. The van der Waals surface area contributed by atoms with Crippen LogP contribution >= 0.6 is 12.2 Å². The Hall–Kier alpha value is -1.27. The summed E-state index contributed by atoms with van der Waals surface area (Å²) in [7, 11) is 3.97. The van der Waals surface area contributed by atoms with E-state index in [2.05, 4.69) is 17.1 Å². The second-order valence-corrected chi connectivity index (χ2v) is 4.97. The molecule has 0 aliphatic rings. The van der Waals surface area contributed by atoms with Crippen molar-refractivity contribution in [3.05, 3.63) is 16.8 Å². The highest BCUT2D eigenvalue weighted by molar-refractivity contribution is 7.80. The summed E-state index contributed by atoms with van der Waals surface area (Å²) in [5.74, 6) is 0.448. The highest BCUT2D eigenvalue weighted by Gasteiger charge is 2.17. The van der Waals surface area contributed by atoms with E-state index in [1.165, 1.54) is 0 Å². The predicted molar refractivity (Wildman–Crippen MR) is 80.7 cm³/mol. The molecule has 6 heteroatoms. The van der Waals surface area contributed by atoms with Crippen LogP contribution in [0.4, 0.5) is 0 Å². The Morgan fingerprint density at radius 3 is 2.42 bits per heavy atom. The van der Waals surface area contributed by atoms with Gasteiger partial charge in [0.15, 0.2) is 0 Å². The van der Waals surface area contributed by atoms with Gasteiger partial charge in [0.1, 0.15) is 11.6 Å². The lowest BCUT2D eigenvalue weighted by Gasteiger charge is -2.16. The van der Waals surface area contributed by atoms with Gasteiger partial charge in [0.05, 0.1) is 11.3 Å². The molecular weight excluding hydrogens is 260 g/mol. The van der Waals surface area contributed by atoms with Crippen LogP contribution in [0.25, 0.3) is 0 Å². The minimum atomic E-state index is 0.321. The molecule has 1 heterocycles. The molecule has 0 fully saturated rings. The molecule has 0 spiro atoms. The Kier molecular flexibility index (Phi) is 6.11. The van der Waals surface area contributed by atoms with Crippen molar-refractivity contribution in [2.75, 3.05) is 27.2 Å². The Morgan fingerprint density at radius 1 is 1.26 bits per heavy atom. The van der Waals surface area contributed by atoms with Gasteiger partial charge in [-0.1, -0.05) is 26.1 Å². The largest absolute Gasteiger partial charge is 0.475 e. The van der Waals surface area contributed by atoms with E-state index in [0.717, 1.165) is 36.2 Å². The first kappa shape index (κ1) is 15.8. The number of ether oxygens (including phenoxy) is 1. The number of hydrogen-bond donors (Lipinski definition) is 1. The van der Waals surface area contributed by atoms with Crippen molar-refractivity contribution in [3.63, 3.8) is 0 Å². The molecule has 0 unspecified atom stereocenters. The lowest BCUT2D eigenvalue weighted by Crippen LogP contribution is -2.23. The molecule has 0 atom stereocenters. The SMILES string of the molecule is CCc1nnc(OCCN(C)C)c(C(N)=S)c1CC. The average Bonchev–Trinajstić information content (AvgIpc) is 2.37. The number of hydrogen-bond acceptors (Lipinski definition) is 5. The summed E-state index contributed by atoms with van der Waals surface area (Å²) in [4.78, 5) is 2.36. The fraction of sp³-hybridized carbons (Fsp3) is 0.615. The summed E-state index contributed by atoms with van der Waals surface area (Å²) in [6.07, 6.45) is 1.62. The van der Waals surface area contributed by atoms with Gasteiger partial charge in [-0.25, -0.2) is 0 Å². The van der Waals surface area contributed by atoms with Crippen LogP contribution in [0.5, 0.6) is 5.88 Å². The average molecular weight is 282 g/mol. The fourth-order valence-corrected chi connectivity index (χ4v) is 2.04. The molecule has 0 aromatic carbocycles. The summed E-state index contributed by atoms with van der Waals surface area (Å²) in [6.45, 7) is 5.43. The lowest BCUT2D eigenvalue weighted by molar-refractivity contribution is 0.251. The maximum Gasteiger partial charge on any atom is 0.244 e. The second-order valence-electron chi connectivity index (χ2n) is 4.53. The summed E-state index contributed by atoms with van der Waals surface area (Å²) < 4.78 is 5.67. The minimum Gasteiger partial charge on any atom is -0.475 e. The number of rotatable bonds is 7. The van der Waals surface area contributed by atoms with Gasteiger partial charge in [-0.15, -0.1) is 5.10 Å². The third-order valence-corrected chi connectivity index (χ3v) is 3.04. The third kappa shape index (κ3) is 4.11. The van der Waals surface area contributed by atoms with E-state index in [1.54, 1.807) is 0 Å². The van der Waals surface area contributed by atoms with Crippen LogP contribution in [0.1, 0.15) is 30.7 Å². The van der Waals surface area contributed by atoms with Crippen LogP contribution in [-0.2, 0) is 12.8 Å². The number of aromatic nitrogens is 2. The normalized spacial score (nSPS) is 10.8. The zero-order valence-corrected chi connectivity index (χ0v) is 12.9. The maximum absolute atomic E-state index is 5.82. The third-order valence-electron chi connectivity index (χ3n) is 2.84. The zero-order chi connectivity index (χ0) is 14.4. The minimum absolute atomic E-state index is 0.321. The molecule has 0 radical (unpaired) electrons. The summed E-state index contributed by atoms with van der Waals surface area (Å²) in [6, 6.07) is 0. The molecule has 0 aliphatic heterocycles. The number of likely N-dealkylation sites (N-methyl/N-ethyl adjacent to an activating group) is 1. The Labute approximate surface area is 120 Å². The van der Waals surface area contributed by atoms with Crippen molar-refractivity contribution in [3.8, 4) is 5.88 Å². The highest BCUT2D eigenvalue weighted by atomic mass is 32.1. The lowest BCUT2D eigenvalue weighted by atomic mass is 10.0. The summed E-state index contributed by atoms with van der Waals surface area (Å²) in [5.41, 5.74) is 8.54. The number of nitrogens with two attached hydrogens (primary N) is 1. The molecule has 0 saturated carbocycles. The van der Waals surface area contributed by atoms with Gasteiger partial charge in [-0.2, -0.15) is 5.10 Å². The summed E-state index contributed by atoms with van der Waals surface area (Å²) in [5, 5.41) is 8.32. The Morgan fingerprint density at radius 2 is 1.95 bits per heavy atom. The molecule has 106 valence electrons. The van der Waals surface area contributed by atoms with Crippen LogP contribution in [0.15, 0.2) is 0 Å². The van der Waals surface area contributed by atoms with Crippen molar-refractivity contribution in [2.24, 2.45) is 5.73 Å². The van der Waals surface area contributed by atoms with Crippen molar-refractivity contribution in [1.82, 2.24) is 15.1 Å². The first-order valence-corrected chi connectivity index (χ1v) is 6.87. The van der Waals surface area contributed by atoms with E-state index >= 15 is 0 Å². The smallest absolute Gasteiger partial charge is 0.244 e. The number of nitrogens with zero attached hydrogens (tertiary/aromatic N) is 3. The van der Waals surface area contributed by atoms with E-state index in [1.807, 2.05) is 25.9 Å². The topological polar surface area (TPSA) is 64.3 Å². The molecule has 0 amide bonds. The van der Waals surface area contributed by atoms with Gasteiger partial charge in [-0.3, -0.25) is 0 Å². The van der Waals surface area contributed by atoms with Gasteiger partial charge in [0.2, 0.25) is 5.88 Å². The van der Waals surface area contributed by atoms with E-state index < -0.39 is 0 Å². The molecule has 2 N–H and O–H groups in total. The fourth-order valence-electron chi connectivity index (χ4n) is 1.83. The Bertz CT molecular complexity index is 449. The van der Waals surface area contributed by atoms with Gasteiger partial charge >= 0.3 is 0 Å². The van der Waals surface area contributed by atoms with Gasteiger partial charge in [0, 0.05) is 6.54 Å². The van der Waals surface area contributed by atoms with E-state index in [-0.39, 0.29) is 0 Å². The van der Waals surface area contributed by atoms with Gasteiger partial charge < -0.3 is 15.4 Å². The molecule has 19 heavy (non-hydrogen) atoms. The number of thiocarbonyl (C=S) groups is 1. The molecule has 1 aromatic rings. The van der Waals surface area contributed by atoms with Crippen LogP contribution in [0.2, 0.25) is 0 Å². The molecule has 0 aliphatic carbocycles. The standard InChI is InChI=1S/C13H22N4OS/c1-5-9-10(6-2)15-16-13(11(9)12(14)19)18-8-7-17(3)4/h5-8H2,1-4H3,(H2,14,19). The van der Waals surface area contributed by atoms with Crippen LogP contribution in [0, 0.1) is 0 Å². The van der Waals surface area contributed by atoms with E-state index in [4.69, 9.17) is 22.7 Å². The first-order chi connectivity index (χ1) is 9.01.